The quantitative estimate of drug-likeness (QED) is 0.802. The highest BCUT2D eigenvalue weighted by atomic mass is 16.4. The van der Waals surface area contributed by atoms with Crippen LogP contribution in [0.3, 0.4) is 0 Å². The molecule has 0 radical (unpaired) electrons. The number of carboxylic acids is 1. The van der Waals surface area contributed by atoms with Crippen LogP contribution >= 0.6 is 0 Å². The zero-order valence-electron chi connectivity index (χ0n) is 11.5. The first-order valence-electron chi connectivity index (χ1n) is 6.87. The van der Waals surface area contributed by atoms with Gasteiger partial charge in [-0.1, -0.05) is 0 Å². The maximum Gasteiger partial charge on any atom is 0.318 e. The summed E-state index contributed by atoms with van der Waals surface area (Å²) in [4.78, 5) is 24.5. The lowest BCUT2D eigenvalue weighted by Gasteiger charge is -2.24. The molecule has 1 saturated carbocycles. The molecule has 2 amide bonds. The Morgan fingerprint density at radius 2 is 2.30 bits per heavy atom. The molecule has 1 aliphatic carbocycles. The van der Waals surface area contributed by atoms with E-state index < -0.39 is 5.97 Å². The molecule has 1 aromatic heterocycles. The van der Waals surface area contributed by atoms with Crippen molar-refractivity contribution < 1.29 is 19.1 Å². The molecule has 0 aromatic carbocycles. The number of carbonyl (C=O) groups is 2. The van der Waals surface area contributed by atoms with Crippen molar-refractivity contribution in [2.45, 2.75) is 51.2 Å². The number of carboxylic acid groups (broad SMARTS) is 1. The van der Waals surface area contributed by atoms with Crippen LogP contribution in [-0.2, 0) is 11.3 Å². The maximum atomic E-state index is 12.2. The van der Waals surface area contributed by atoms with Crippen LogP contribution in [0.1, 0.15) is 38.4 Å². The van der Waals surface area contributed by atoms with Crippen LogP contribution in [0, 0.1) is 0 Å². The molecule has 0 spiro atoms. The lowest BCUT2D eigenvalue weighted by atomic mass is 10.2. The molecule has 6 heteroatoms. The second kappa shape index (κ2) is 6.45. The third-order valence-electron chi connectivity index (χ3n) is 3.32. The van der Waals surface area contributed by atoms with Crippen molar-refractivity contribution in [2.24, 2.45) is 0 Å². The maximum absolute atomic E-state index is 12.2. The van der Waals surface area contributed by atoms with Crippen molar-refractivity contribution in [3.8, 4) is 0 Å². The second-order valence-electron chi connectivity index (χ2n) is 5.22. The van der Waals surface area contributed by atoms with E-state index in [2.05, 4.69) is 5.32 Å². The van der Waals surface area contributed by atoms with Gasteiger partial charge < -0.3 is 19.7 Å². The van der Waals surface area contributed by atoms with Crippen LogP contribution in [-0.4, -0.2) is 34.1 Å². The largest absolute Gasteiger partial charge is 0.481 e. The summed E-state index contributed by atoms with van der Waals surface area (Å²) < 4.78 is 5.28. The summed E-state index contributed by atoms with van der Waals surface area (Å²) in [6.07, 6.45) is 4.10. The van der Waals surface area contributed by atoms with Gasteiger partial charge in [0.25, 0.3) is 0 Å². The lowest BCUT2D eigenvalue weighted by Crippen LogP contribution is -2.44. The average molecular weight is 280 g/mol. The second-order valence-corrected chi connectivity index (χ2v) is 5.22. The summed E-state index contributed by atoms with van der Waals surface area (Å²) in [7, 11) is 0. The van der Waals surface area contributed by atoms with Gasteiger partial charge in [0, 0.05) is 18.5 Å². The van der Waals surface area contributed by atoms with Gasteiger partial charge in [0.05, 0.1) is 12.8 Å². The van der Waals surface area contributed by atoms with Crippen LogP contribution < -0.4 is 5.32 Å². The van der Waals surface area contributed by atoms with Crippen LogP contribution in [0.5, 0.6) is 0 Å². The molecule has 1 aromatic rings. The molecule has 0 aliphatic heterocycles. The first kappa shape index (κ1) is 14.4. The van der Waals surface area contributed by atoms with E-state index in [0.29, 0.717) is 13.0 Å². The van der Waals surface area contributed by atoms with Gasteiger partial charge in [-0.05, 0) is 38.3 Å². The molecular formula is C14H20N2O4. The van der Waals surface area contributed by atoms with Gasteiger partial charge in [-0.25, -0.2) is 4.79 Å². The first-order chi connectivity index (χ1) is 9.56. The molecule has 1 atom stereocenters. The Balaban J connectivity index is 1.85. The van der Waals surface area contributed by atoms with E-state index in [0.717, 1.165) is 18.6 Å². The van der Waals surface area contributed by atoms with Gasteiger partial charge in [-0.2, -0.15) is 0 Å². The molecule has 1 heterocycles. The number of hydrogen-bond acceptors (Lipinski definition) is 3. The zero-order valence-corrected chi connectivity index (χ0v) is 11.5. The van der Waals surface area contributed by atoms with Crippen molar-refractivity contribution in [2.75, 3.05) is 0 Å². The third kappa shape index (κ3) is 4.29. The van der Waals surface area contributed by atoms with E-state index >= 15 is 0 Å². The van der Waals surface area contributed by atoms with Gasteiger partial charge >= 0.3 is 12.0 Å². The van der Waals surface area contributed by atoms with E-state index in [1.54, 1.807) is 17.2 Å². The fourth-order valence-electron chi connectivity index (χ4n) is 2.03. The molecule has 110 valence electrons. The summed E-state index contributed by atoms with van der Waals surface area (Å²) >= 11 is 0. The minimum absolute atomic E-state index is 0.0586. The fourth-order valence-corrected chi connectivity index (χ4v) is 2.03. The number of amides is 2. The van der Waals surface area contributed by atoms with Gasteiger partial charge in [-0.15, -0.1) is 0 Å². The number of nitrogens with one attached hydrogen (secondary N) is 1. The van der Waals surface area contributed by atoms with Gasteiger partial charge in [0.1, 0.15) is 5.76 Å². The van der Waals surface area contributed by atoms with Crippen molar-refractivity contribution in [1.29, 1.82) is 0 Å². The molecule has 6 nitrogen and oxygen atoms in total. The van der Waals surface area contributed by atoms with Crippen LogP contribution in [0.2, 0.25) is 0 Å². The third-order valence-corrected chi connectivity index (χ3v) is 3.32. The smallest absolute Gasteiger partial charge is 0.318 e. The van der Waals surface area contributed by atoms with E-state index in [-0.39, 0.29) is 24.5 Å². The number of urea groups is 1. The Morgan fingerprint density at radius 3 is 2.85 bits per heavy atom. The predicted octanol–water partition coefficient (Wildman–Crippen LogP) is 2.21. The minimum Gasteiger partial charge on any atom is -0.481 e. The van der Waals surface area contributed by atoms with Crippen molar-refractivity contribution in [1.82, 2.24) is 10.2 Å². The van der Waals surface area contributed by atoms with E-state index in [9.17, 15) is 9.59 Å². The van der Waals surface area contributed by atoms with Gasteiger partial charge in [0.15, 0.2) is 0 Å². The SMILES string of the molecule is CC(CCC(=O)O)NC(=O)N(Cc1ccco1)C1CC1. The number of rotatable bonds is 7. The number of aliphatic carboxylic acids is 1. The number of hydrogen-bond donors (Lipinski definition) is 2. The molecule has 2 N–H and O–H groups in total. The normalized spacial score (nSPS) is 15.7. The highest BCUT2D eigenvalue weighted by molar-refractivity contribution is 5.75. The van der Waals surface area contributed by atoms with Crippen LogP contribution in [0.25, 0.3) is 0 Å². The van der Waals surface area contributed by atoms with Crippen LogP contribution in [0.4, 0.5) is 4.79 Å². The molecular weight excluding hydrogens is 260 g/mol. The number of nitrogens with zero attached hydrogens (tertiary/aromatic N) is 1. The van der Waals surface area contributed by atoms with Crippen molar-refractivity contribution >= 4 is 12.0 Å². The van der Waals surface area contributed by atoms with Crippen LogP contribution in [0.15, 0.2) is 22.8 Å². The van der Waals surface area contributed by atoms with Crippen molar-refractivity contribution in [3.63, 3.8) is 0 Å². The Bertz CT molecular complexity index is 454. The lowest BCUT2D eigenvalue weighted by molar-refractivity contribution is -0.137. The van der Waals surface area contributed by atoms with E-state index in [4.69, 9.17) is 9.52 Å². The highest BCUT2D eigenvalue weighted by Gasteiger charge is 2.33. The molecule has 20 heavy (non-hydrogen) atoms. The predicted molar refractivity (Wildman–Crippen MR) is 72.1 cm³/mol. The molecule has 1 aliphatic rings. The van der Waals surface area contributed by atoms with Crippen molar-refractivity contribution in [3.05, 3.63) is 24.2 Å². The summed E-state index contributed by atoms with van der Waals surface area (Å²) in [5, 5.41) is 11.5. The summed E-state index contributed by atoms with van der Waals surface area (Å²) in [6, 6.07) is 3.61. The van der Waals surface area contributed by atoms with Gasteiger partial charge in [0.2, 0.25) is 0 Å². The topological polar surface area (TPSA) is 82.8 Å². The Kier molecular flexibility index (Phi) is 4.65. The molecule has 2 rings (SSSR count). The minimum atomic E-state index is -0.847. The summed E-state index contributed by atoms with van der Waals surface area (Å²) in [5.41, 5.74) is 0. The average Bonchev–Trinajstić information content (AvgIpc) is 3.10. The van der Waals surface area contributed by atoms with E-state index in [1.807, 2.05) is 13.0 Å². The van der Waals surface area contributed by atoms with E-state index in [1.165, 1.54) is 0 Å². The number of carbonyl (C=O) groups excluding carboxylic acids is 1. The molecule has 0 bridgehead atoms. The summed E-state index contributed by atoms with van der Waals surface area (Å²) in [5.74, 6) is -0.0917. The Morgan fingerprint density at radius 1 is 1.55 bits per heavy atom. The molecule has 0 saturated heterocycles. The molecule has 1 fully saturated rings. The fraction of sp³-hybridized carbons (Fsp3) is 0.571. The Labute approximate surface area is 117 Å². The van der Waals surface area contributed by atoms with Gasteiger partial charge in [-0.3, -0.25) is 4.79 Å². The number of furan rings is 1. The highest BCUT2D eigenvalue weighted by Crippen LogP contribution is 2.28. The molecule has 1 unspecified atom stereocenters. The monoisotopic (exact) mass is 280 g/mol. The first-order valence-corrected chi connectivity index (χ1v) is 6.87. The zero-order chi connectivity index (χ0) is 14.5. The standard InChI is InChI=1S/C14H20N2O4/c1-10(4-7-13(17)18)15-14(19)16(11-5-6-11)9-12-3-2-8-20-12/h2-3,8,10-11H,4-7,9H2,1H3,(H,15,19)(H,17,18). The Hall–Kier alpha value is -1.98. The summed E-state index contributed by atoms with van der Waals surface area (Å²) in [6.45, 7) is 2.27.